The van der Waals surface area contributed by atoms with E-state index in [0.29, 0.717) is 29.2 Å². The smallest absolute Gasteiger partial charge is 0.337 e. The number of nitrogens with one attached hydrogen (secondary N) is 1. The first-order valence-electron chi connectivity index (χ1n) is 8.57. The van der Waals surface area contributed by atoms with Crippen molar-refractivity contribution in [2.24, 2.45) is 0 Å². The standard InChI is InChI=1S/C21H21NO6/c1-3-27-18-11-9-17(10-12-18)22-19(23)14-28-20(24)13-6-15-4-7-16(8-5-15)21(25)26-2/h4-13H,3,14H2,1-2H3,(H,22,23)/b13-6+. The number of ether oxygens (including phenoxy) is 3. The van der Waals surface area contributed by atoms with E-state index in [1.165, 1.54) is 19.3 Å². The van der Waals surface area contributed by atoms with Crippen LogP contribution in [0.1, 0.15) is 22.8 Å². The van der Waals surface area contributed by atoms with Gasteiger partial charge in [-0.3, -0.25) is 4.79 Å². The Balaban J connectivity index is 1.78. The van der Waals surface area contributed by atoms with Crippen LogP contribution >= 0.6 is 0 Å². The van der Waals surface area contributed by atoms with E-state index in [1.807, 2.05) is 6.92 Å². The molecule has 1 amide bonds. The van der Waals surface area contributed by atoms with Gasteiger partial charge in [0.2, 0.25) is 0 Å². The van der Waals surface area contributed by atoms with Crippen LogP contribution in [0.5, 0.6) is 5.75 Å². The molecule has 0 aliphatic heterocycles. The fourth-order valence-electron chi connectivity index (χ4n) is 2.20. The third kappa shape index (κ3) is 6.60. The van der Waals surface area contributed by atoms with Crippen molar-refractivity contribution < 1.29 is 28.6 Å². The molecular formula is C21H21NO6. The zero-order chi connectivity index (χ0) is 20.4. The topological polar surface area (TPSA) is 90.9 Å². The summed E-state index contributed by atoms with van der Waals surface area (Å²) >= 11 is 0. The van der Waals surface area contributed by atoms with Gasteiger partial charge in [-0.15, -0.1) is 0 Å². The highest BCUT2D eigenvalue weighted by Gasteiger charge is 2.07. The van der Waals surface area contributed by atoms with E-state index in [2.05, 4.69) is 10.1 Å². The number of hydrogen-bond donors (Lipinski definition) is 1. The summed E-state index contributed by atoms with van der Waals surface area (Å²) in [6, 6.07) is 13.4. The van der Waals surface area contributed by atoms with Crippen molar-refractivity contribution in [3.8, 4) is 5.75 Å². The highest BCUT2D eigenvalue weighted by atomic mass is 16.5. The summed E-state index contributed by atoms with van der Waals surface area (Å²) in [7, 11) is 1.30. The number of carbonyl (C=O) groups excluding carboxylic acids is 3. The monoisotopic (exact) mass is 383 g/mol. The molecule has 0 saturated carbocycles. The highest BCUT2D eigenvalue weighted by molar-refractivity contribution is 5.94. The number of methoxy groups -OCH3 is 1. The van der Waals surface area contributed by atoms with Crippen LogP contribution in [0.25, 0.3) is 6.08 Å². The molecule has 2 rings (SSSR count). The number of amides is 1. The van der Waals surface area contributed by atoms with E-state index in [-0.39, 0.29) is 0 Å². The van der Waals surface area contributed by atoms with Gasteiger partial charge in [0.1, 0.15) is 5.75 Å². The maximum atomic E-state index is 11.8. The quantitative estimate of drug-likeness (QED) is 0.556. The average Bonchev–Trinajstić information content (AvgIpc) is 2.72. The normalized spacial score (nSPS) is 10.4. The molecule has 1 N–H and O–H groups in total. The Bertz CT molecular complexity index is 840. The SMILES string of the molecule is CCOc1ccc(NC(=O)COC(=O)/C=C/c2ccc(C(=O)OC)cc2)cc1. The molecule has 0 aromatic heterocycles. The van der Waals surface area contributed by atoms with Crippen LogP contribution < -0.4 is 10.1 Å². The predicted octanol–water partition coefficient (Wildman–Crippen LogP) is 3.07. The lowest BCUT2D eigenvalue weighted by molar-refractivity contribution is -0.142. The number of anilines is 1. The Morgan fingerprint density at radius 1 is 1.00 bits per heavy atom. The van der Waals surface area contributed by atoms with Gasteiger partial charge in [-0.05, 0) is 55.0 Å². The first-order valence-corrected chi connectivity index (χ1v) is 8.57. The molecule has 0 atom stereocenters. The molecule has 7 nitrogen and oxygen atoms in total. The molecule has 0 unspecified atom stereocenters. The van der Waals surface area contributed by atoms with Crippen molar-refractivity contribution >= 4 is 29.6 Å². The number of hydrogen-bond acceptors (Lipinski definition) is 6. The van der Waals surface area contributed by atoms with Crippen molar-refractivity contribution in [1.29, 1.82) is 0 Å². The summed E-state index contributed by atoms with van der Waals surface area (Å²) < 4.78 is 14.8. The third-order valence-corrected chi connectivity index (χ3v) is 3.54. The Labute approximate surface area is 162 Å². The number of benzene rings is 2. The van der Waals surface area contributed by atoms with Gasteiger partial charge in [0.05, 0.1) is 19.3 Å². The Hall–Kier alpha value is -3.61. The van der Waals surface area contributed by atoms with E-state index in [0.717, 1.165) is 0 Å². The van der Waals surface area contributed by atoms with Crippen LogP contribution in [0, 0.1) is 0 Å². The second-order valence-electron chi connectivity index (χ2n) is 5.56. The van der Waals surface area contributed by atoms with E-state index in [1.54, 1.807) is 48.5 Å². The Kier molecular flexibility index (Phi) is 7.77. The molecule has 7 heteroatoms. The van der Waals surface area contributed by atoms with Gasteiger partial charge in [-0.2, -0.15) is 0 Å². The number of carbonyl (C=O) groups is 3. The minimum atomic E-state index is -0.654. The van der Waals surface area contributed by atoms with Gasteiger partial charge in [0.25, 0.3) is 5.91 Å². The molecule has 2 aromatic rings. The van der Waals surface area contributed by atoms with Crippen LogP contribution in [0.15, 0.2) is 54.6 Å². The van der Waals surface area contributed by atoms with Gasteiger partial charge in [0, 0.05) is 11.8 Å². The van der Waals surface area contributed by atoms with Gasteiger partial charge < -0.3 is 19.5 Å². The van der Waals surface area contributed by atoms with E-state index in [4.69, 9.17) is 9.47 Å². The number of esters is 2. The zero-order valence-electron chi connectivity index (χ0n) is 15.6. The minimum absolute atomic E-state index is 0.405. The van der Waals surface area contributed by atoms with Crippen molar-refractivity contribution in [1.82, 2.24) is 0 Å². The highest BCUT2D eigenvalue weighted by Crippen LogP contribution is 2.15. The predicted molar refractivity (Wildman–Crippen MR) is 104 cm³/mol. The van der Waals surface area contributed by atoms with Gasteiger partial charge >= 0.3 is 11.9 Å². The fraction of sp³-hybridized carbons (Fsp3) is 0.190. The van der Waals surface area contributed by atoms with E-state index >= 15 is 0 Å². The average molecular weight is 383 g/mol. The molecule has 28 heavy (non-hydrogen) atoms. The van der Waals surface area contributed by atoms with Crippen LogP contribution in [-0.4, -0.2) is 38.2 Å². The lowest BCUT2D eigenvalue weighted by Crippen LogP contribution is -2.20. The second-order valence-corrected chi connectivity index (χ2v) is 5.56. The Morgan fingerprint density at radius 3 is 2.29 bits per heavy atom. The van der Waals surface area contributed by atoms with Crippen molar-refractivity contribution in [3.05, 3.63) is 65.7 Å². The molecule has 2 aromatic carbocycles. The molecule has 0 fully saturated rings. The largest absolute Gasteiger partial charge is 0.494 e. The fourth-order valence-corrected chi connectivity index (χ4v) is 2.20. The first-order chi connectivity index (χ1) is 13.5. The Morgan fingerprint density at radius 2 is 1.68 bits per heavy atom. The third-order valence-electron chi connectivity index (χ3n) is 3.54. The van der Waals surface area contributed by atoms with Crippen LogP contribution in [0.2, 0.25) is 0 Å². The minimum Gasteiger partial charge on any atom is -0.494 e. The molecule has 0 saturated heterocycles. The zero-order valence-corrected chi connectivity index (χ0v) is 15.6. The molecule has 0 aliphatic rings. The molecular weight excluding hydrogens is 362 g/mol. The van der Waals surface area contributed by atoms with Crippen LogP contribution in [0.3, 0.4) is 0 Å². The first kappa shape index (κ1) is 20.7. The lowest BCUT2D eigenvalue weighted by Gasteiger charge is -2.07. The van der Waals surface area contributed by atoms with Gasteiger partial charge in [-0.1, -0.05) is 12.1 Å². The van der Waals surface area contributed by atoms with Gasteiger partial charge in [0.15, 0.2) is 6.61 Å². The number of rotatable bonds is 8. The van der Waals surface area contributed by atoms with Crippen molar-refractivity contribution in [2.45, 2.75) is 6.92 Å². The second kappa shape index (κ2) is 10.5. The molecule has 0 aliphatic carbocycles. The van der Waals surface area contributed by atoms with E-state index < -0.39 is 24.5 Å². The van der Waals surface area contributed by atoms with Gasteiger partial charge in [-0.25, -0.2) is 9.59 Å². The summed E-state index contributed by atoms with van der Waals surface area (Å²) in [5.74, 6) is -0.836. The molecule has 146 valence electrons. The summed E-state index contributed by atoms with van der Waals surface area (Å²) in [6.07, 6.45) is 2.73. The maximum Gasteiger partial charge on any atom is 0.337 e. The van der Waals surface area contributed by atoms with Crippen LogP contribution in [0.4, 0.5) is 5.69 Å². The molecule has 0 heterocycles. The summed E-state index contributed by atoms with van der Waals surface area (Å²) in [5, 5.41) is 2.62. The molecule has 0 spiro atoms. The van der Waals surface area contributed by atoms with Crippen molar-refractivity contribution in [2.75, 3.05) is 25.6 Å². The van der Waals surface area contributed by atoms with E-state index in [9.17, 15) is 14.4 Å². The summed E-state index contributed by atoms with van der Waals surface area (Å²) in [4.78, 5) is 34.9. The molecule has 0 bridgehead atoms. The maximum absolute atomic E-state index is 11.8. The summed E-state index contributed by atoms with van der Waals surface area (Å²) in [6.45, 7) is 2.04. The lowest BCUT2D eigenvalue weighted by atomic mass is 10.1. The van der Waals surface area contributed by atoms with Crippen molar-refractivity contribution in [3.63, 3.8) is 0 Å². The van der Waals surface area contributed by atoms with Crippen LogP contribution in [-0.2, 0) is 19.1 Å². The summed E-state index contributed by atoms with van der Waals surface area (Å²) in [5.41, 5.74) is 1.68. The molecule has 0 radical (unpaired) electrons.